The third-order valence-corrected chi connectivity index (χ3v) is 6.60. The molecule has 1 aliphatic heterocycles. The summed E-state index contributed by atoms with van der Waals surface area (Å²) >= 11 is 1.53. The van der Waals surface area contributed by atoms with Gasteiger partial charge in [0.1, 0.15) is 10.6 Å². The molecule has 2 aromatic carbocycles. The lowest BCUT2D eigenvalue weighted by atomic mass is 10.2. The Balaban J connectivity index is 1.42. The van der Waals surface area contributed by atoms with Crippen molar-refractivity contribution < 1.29 is 9.53 Å². The van der Waals surface area contributed by atoms with Gasteiger partial charge in [-0.1, -0.05) is 30.3 Å². The SMILES string of the molecule is COc1ccc(N2CCCN(C(=O)c3sc(Cc4ccccc4)nc3C)CC2)cc1. The van der Waals surface area contributed by atoms with Crippen molar-refractivity contribution in [1.82, 2.24) is 9.88 Å². The molecule has 3 aromatic rings. The number of anilines is 1. The monoisotopic (exact) mass is 421 g/mol. The Hall–Kier alpha value is -2.86. The average Bonchev–Trinajstić information content (AvgIpc) is 2.98. The quantitative estimate of drug-likeness (QED) is 0.612. The van der Waals surface area contributed by atoms with E-state index in [4.69, 9.17) is 4.74 Å². The fourth-order valence-electron chi connectivity index (χ4n) is 3.81. The number of carbonyl (C=O) groups excluding carboxylic acids is 1. The standard InChI is InChI=1S/C24H27N3O2S/c1-18-23(30-22(25-18)17-19-7-4-3-5-8-19)24(28)27-14-6-13-26(15-16-27)20-9-11-21(29-2)12-10-20/h3-5,7-12H,6,13-17H2,1-2H3. The first-order valence-electron chi connectivity index (χ1n) is 10.3. The molecule has 0 N–H and O–H groups in total. The molecular weight excluding hydrogens is 394 g/mol. The predicted octanol–water partition coefficient (Wildman–Crippen LogP) is 4.40. The summed E-state index contributed by atoms with van der Waals surface area (Å²) in [6, 6.07) is 18.4. The molecule has 2 heterocycles. The zero-order valence-electron chi connectivity index (χ0n) is 17.5. The van der Waals surface area contributed by atoms with Gasteiger partial charge in [0.2, 0.25) is 0 Å². The molecule has 1 fully saturated rings. The van der Waals surface area contributed by atoms with E-state index in [2.05, 4.69) is 34.1 Å². The van der Waals surface area contributed by atoms with E-state index in [1.54, 1.807) is 7.11 Å². The van der Waals surface area contributed by atoms with E-state index in [-0.39, 0.29) is 5.91 Å². The zero-order chi connectivity index (χ0) is 20.9. The number of hydrogen-bond acceptors (Lipinski definition) is 5. The Kier molecular flexibility index (Phi) is 6.33. The van der Waals surface area contributed by atoms with E-state index >= 15 is 0 Å². The van der Waals surface area contributed by atoms with Gasteiger partial charge in [-0.05, 0) is 43.2 Å². The fraction of sp³-hybridized carbons (Fsp3) is 0.333. The van der Waals surface area contributed by atoms with E-state index in [1.165, 1.54) is 22.6 Å². The maximum absolute atomic E-state index is 13.2. The molecule has 0 radical (unpaired) electrons. The van der Waals surface area contributed by atoms with Crippen molar-refractivity contribution in [2.24, 2.45) is 0 Å². The first-order valence-corrected chi connectivity index (χ1v) is 11.1. The van der Waals surface area contributed by atoms with Gasteiger partial charge in [-0.2, -0.15) is 0 Å². The number of thiazole rings is 1. The molecule has 4 rings (SSSR count). The van der Waals surface area contributed by atoms with E-state index in [1.807, 2.05) is 42.2 Å². The number of rotatable bonds is 5. The van der Waals surface area contributed by atoms with Crippen LogP contribution in [0.15, 0.2) is 54.6 Å². The van der Waals surface area contributed by atoms with Crippen molar-refractivity contribution in [3.63, 3.8) is 0 Å². The van der Waals surface area contributed by atoms with Gasteiger partial charge in [-0.25, -0.2) is 4.98 Å². The molecule has 0 bridgehead atoms. The number of ether oxygens (including phenoxy) is 1. The molecular formula is C24H27N3O2S. The van der Waals surface area contributed by atoms with Crippen LogP contribution in [0.1, 0.15) is 32.4 Å². The first-order chi connectivity index (χ1) is 14.6. The lowest BCUT2D eigenvalue weighted by molar-refractivity contribution is 0.0771. The second kappa shape index (κ2) is 9.30. The van der Waals surface area contributed by atoms with Crippen LogP contribution in [0.25, 0.3) is 0 Å². The minimum atomic E-state index is 0.112. The van der Waals surface area contributed by atoms with Crippen LogP contribution >= 0.6 is 11.3 Å². The van der Waals surface area contributed by atoms with E-state index in [9.17, 15) is 4.79 Å². The van der Waals surface area contributed by atoms with E-state index < -0.39 is 0 Å². The topological polar surface area (TPSA) is 45.7 Å². The van der Waals surface area contributed by atoms with Crippen LogP contribution in [-0.4, -0.2) is 49.1 Å². The van der Waals surface area contributed by atoms with Crippen LogP contribution in [0.4, 0.5) is 5.69 Å². The minimum Gasteiger partial charge on any atom is -0.497 e. The number of aromatic nitrogens is 1. The molecule has 0 saturated carbocycles. The van der Waals surface area contributed by atoms with Crippen molar-refractivity contribution in [3.05, 3.63) is 75.7 Å². The summed E-state index contributed by atoms with van der Waals surface area (Å²) in [6.45, 7) is 5.20. The van der Waals surface area contributed by atoms with Gasteiger partial charge in [0.05, 0.1) is 17.8 Å². The normalized spacial score (nSPS) is 14.5. The summed E-state index contributed by atoms with van der Waals surface area (Å²) in [6.07, 6.45) is 1.72. The lowest BCUT2D eigenvalue weighted by Gasteiger charge is -2.23. The number of amides is 1. The molecule has 1 amide bonds. The molecule has 156 valence electrons. The highest BCUT2D eigenvalue weighted by Crippen LogP contribution is 2.24. The molecule has 30 heavy (non-hydrogen) atoms. The van der Waals surface area contributed by atoms with Gasteiger partial charge in [-0.15, -0.1) is 11.3 Å². The summed E-state index contributed by atoms with van der Waals surface area (Å²) in [5.41, 5.74) is 3.23. The van der Waals surface area contributed by atoms with Crippen LogP contribution in [-0.2, 0) is 6.42 Å². The van der Waals surface area contributed by atoms with Crippen LogP contribution in [0.5, 0.6) is 5.75 Å². The number of methoxy groups -OCH3 is 1. The van der Waals surface area contributed by atoms with Crippen molar-refractivity contribution in [3.8, 4) is 5.75 Å². The summed E-state index contributed by atoms with van der Waals surface area (Å²) in [5, 5.41) is 0.997. The van der Waals surface area contributed by atoms with E-state index in [0.29, 0.717) is 0 Å². The van der Waals surface area contributed by atoms with Crippen molar-refractivity contribution >= 4 is 22.9 Å². The summed E-state index contributed by atoms with van der Waals surface area (Å²) in [5.74, 6) is 0.971. The average molecular weight is 422 g/mol. The van der Waals surface area contributed by atoms with E-state index in [0.717, 1.165) is 60.3 Å². The molecule has 0 spiro atoms. The van der Waals surface area contributed by atoms with Crippen LogP contribution in [0.3, 0.4) is 0 Å². The van der Waals surface area contributed by atoms with Gasteiger partial charge in [-0.3, -0.25) is 4.79 Å². The predicted molar refractivity (Wildman–Crippen MR) is 122 cm³/mol. The highest BCUT2D eigenvalue weighted by molar-refractivity contribution is 7.13. The van der Waals surface area contributed by atoms with Crippen LogP contribution in [0, 0.1) is 6.92 Å². The highest BCUT2D eigenvalue weighted by atomic mass is 32.1. The van der Waals surface area contributed by atoms with Gasteiger partial charge < -0.3 is 14.5 Å². The molecule has 1 saturated heterocycles. The minimum absolute atomic E-state index is 0.112. The van der Waals surface area contributed by atoms with Crippen LogP contribution in [0.2, 0.25) is 0 Å². The van der Waals surface area contributed by atoms with Crippen molar-refractivity contribution in [1.29, 1.82) is 0 Å². The number of hydrogen-bond donors (Lipinski definition) is 0. The zero-order valence-corrected chi connectivity index (χ0v) is 18.3. The Morgan fingerprint density at radius 2 is 1.80 bits per heavy atom. The second-order valence-electron chi connectivity index (χ2n) is 7.52. The number of aryl methyl sites for hydroxylation is 1. The summed E-state index contributed by atoms with van der Waals surface area (Å²) < 4.78 is 5.25. The largest absolute Gasteiger partial charge is 0.497 e. The summed E-state index contributed by atoms with van der Waals surface area (Å²) in [7, 11) is 1.68. The molecule has 0 unspecified atom stereocenters. The van der Waals surface area contributed by atoms with Gasteiger partial charge in [0.25, 0.3) is 5.91 Å². The molecule has 5 nitrogen and oxygen atoms in total. The molecule has 6 heteroatoms. The molecule has 0 aliphatic carbocycles. The smallest absolute Gasteiger partial charge is 0.265 e. The first kappa shape index (κ1) is 20.4. The third kappa shape index (κ3) is 4.65. The van der Waals surface area contributed by atoms with Gasteiger partial charge >= 0.3 is 0 Å². The highest BCUT2D eigenvalue weighted by Gasteiger charge is 2.24. The van der Waals surface area contributed by atoms with Gasteiger partial charge in [0, 0.05) is 38.3 Å². The Morgan fingerprint density at radius 1 is 1.03 bits per heavy atom. The van der Waals surface area contributed by atoms with Crippen molar-refractivity contribution in [2.75, 3.05) is 38.2 Å². The molecule has 1 aromatic heterocycles. The Morgan fingerprint density at radius 3 is 2.53 bits per heavy atom. The number of nitrogens with zero attached hydrogens (tertiary/aromatic N) is 3. The second-order valence-corrected chi connectivity index (χ2v) is 8.60. The van der Waals surface area contributed by atoms with Crippen LogP contribution < -0.4 is 9.64 Å². The Bertz CT molecular complexity index is 985. The summed E-state index contributed by atoms with van der Waals surface area (Å²) in [4.78, 5) is 23.0. The third-order valence-electron chi connectivity index (χ3n) is 5.45. The Labute approximate surface area is 181 Å². The maximum Gasteiger partial charge on any atom is 0.265 e. The molecule has 0 atom stereocenters. The fourth-order valence-corrected chi connectivity index (χ4v) is 4.88. The number of carbonyl (C=O) groups is 1. The maximum atomic E-state index is 13.2. The van der Waals surface area contributed by atoms with Gasteiger partial charge in [0.15, 0.2) is 0 Å². The molecule has 1 aliphatic rings. The number of benzene rings is 2. The lowest BCUT2D eigenvalue weighted by Crippen LogP contribution is -2.35. The van der Waals surface area contributed by atoms with Crippen molar-refractivity contribution in [2.45, 2.75) is 19.8 Å².